The van der Waals surface area contributed by atoms with Gasteiger partial charge in [0.25, 0.3) is 5.91 Å². The van der Waals surface area contributed by atoms with E-state index in [2.05, 4.69) is 33.0 Å². The fourth-order valence-corrected chi connectivity index (χ4v) is 18.0. The molecule has 15 heteroatoms. The van der Waals surface area contributed by atoms with Crippen molar-refractivity contribution >= 4 is 58.1 Å². The number of carbonyl (C=O) groups excluding carboxylic acids is 4. The lowest BCUT2D eigenvalue weighted by atomic mass is 9.39. The molecule has 12 aliphatic heterocycles. The summed E-state index contributed by atoms with van der Waals surface area (Å²) < 4.78 is 15.5. The Hall–Kier alpha value is -6.30. The van der Waals surface area contributed by atoms with E-state index < -0.39 is 73.4 Å². The Morgan fingerprint density at radius 2 is 1.39 bits per heavy atom. The van der Waals surface area contributed by atoms with Crippen LogP contribution in [0.4, 0.5) is 5.69 Å². The predicted octanol–water partition coefficient (Wildman–Crippen LogP) is 6.32. The van der Waals surface area contributed by atoms with Crippen molar-refractivity contribution in [2.24, 2.45) is 17.3 Å². The molecule has 2 N–H and O–H groups in total. The topological polar surface area (TPSA) is 184 Å². The molecule has 2 aromatic carbocycles. The van der Waals surface area contributed by atoms with Crippen LogP contribution in [0.5, 0.6) is 11.5 Å². The van der Waals surface area contributed by atoms with Gasteiger partial charge in [-0.3, -0.25) is 19.2 Å². The van der Waals surface area contributed by atoms with Crippen LogP contribution in [0.25, 0.3) is 23.1 Å². The Kier molecular flexibility index (Phi) is 7.03. The molecule has 0 radical (unpaired) electrons. The van der Waals surface area contributed by atoms with Gasteiger partial charge in [0.1, 0.15) is 50.3 Å². The first-order chi connectivity index (χ1) is 32.5. The highest BCUT2D eigenvalue weighted by Gasteiger charge is 2.95. The number of hydrogen-bond acceptors (Lipinski definition) is 9. The molecule has 3 aromatic rings. The van der Waals surface area contributed by atoms with Gasteiger partial charge in [-0.2, -0.15) is 14.7 Å². The standard InChI is InChI=1S/C52H54N6O8.C2H3N/c1-44(2)19-15-25-29(65-44)13-11-27-33-36-50-28-12-14-30-26(16-20-45(3,4)66-30)35(28)58(64)38(50)47(7,8)31-23-48-17-9-21-54(48)42(61)51(31,53-40(48)59)39(50)56-41(60)49-18-10-22-55(49)43(62)52(36,56)32(24-49)46(5,6)37(33)57(63)34(25)27;1-2-3/h11-16,19-20,31-32,36,39,63H,9-10,17-18,21-24H2,1-8H3,(H,53,59);1H3/t31-,32-,36+,39-,48-,49-,50-,51+,52+;/m0./s1. The number of hydrogen-bond donors (Lipinski definition) is 2. The third kappa shape index (κ3) is 3.92. The van der Waals surface area contributed by atoms with Crippen LogP contribution in [-0.2, 0) is 30.0 Å². The molecule has 5 spiro atoms. The molecule has 356 valence electrons. The van der Waals surface area contributed by atoms with Crippen molar-refractivity contribution in [2.75, 3.05) is 13.1 Å². The van der Waals surface area contributed by atoms with Gasteiger partial charge >= 0.3 is 0 Å². The molecule has 9 atom stereocenters. The van der Waals surface area contributed by atoms with E-state index >= 15 is 24.4 Å². The van der Waals surface area contributed by atoms with Crippen LogP contribution >= 0.6 is 0 Å². The van der Waals surface area contributed by atoms with Gasteiger partial charge in [-0.1, -0.05) is 13.8 Å². The Bertz CT molecular complexity index is 3240. The van der Waals surface area contributed by atoms with Crippen LogP contribution in [-0.4, -0.2) is 111 Å². The number of nitriles is 1. The number of piperidine rings is 4. The zero-order valence-corrected chi connectivity index (χ0v) is 40.6. The van der Waals surface area contributed by atoms with Gasteiger partial charge in [0.05, 0.1) is 34.3 Å². The van der Waals surface area contributed by atoms with Crippen molar-refractivity contribution in [3.63, 3.8) is 0 Å². The van der Waals surface area contributed by atoms with Crippen LogP contribution in [0.1, 0.15) is 135 Å². The van der Waals surface area contributed by atoms with Crippen molar-refractivity contribution in [1.82, 2.24) is 24.7 Å². The number of aromatic nitrogens is 1. The molecule has 4 bridgehead atoms. The number of nitrogens with one attached hydrogen (secondary N) is 1. The average molecular weight is 932 g/mol. The van der Waals surface area contributed by atoms with Crippen molar-refractivity contribution in [3.8, 4) is 17.6 Å². The summed E-state index contributed by atoms with van der Waals surface area (Å²) in [6, 6.07) is 8.29. The number of benzene rings is 2. The van der Waals surface area contributed by atoms with E-state index in [0.29, 0.717) is 113 Å². The second-order valence-corrected chi connectivity index (χ2v) is 24.4. The normalized spacial score (nSPS) is 38.8. The van der Waals surface area contributed by atoms with Crippen molar-refractivity contribution in [3.05, 3.63) is 69.6 Å². The number of ether oxygens (including phenoxy) is 2. The highest BCUT2D eigenvalue weighted by molar-refractivity contribution is 6.18. The Balaban J connectivity index is 0.00000146. The zero-order chi connectivity index (χ0) is 48.5. The molecule has 15 nitrogen and oxygen atoms in total. The van der Waals surface area contributed by atoms with Crippen molar-refractivity contribution in [1.29, 1.82) is 5.26 Å². The Labute approximate surface area is 399 Å². The van der Waals surface area contributed by atoms with E-state index in [0.717, 1.165) is 4.74 Å². The molecular weight excluding hydrogens is 875 g/mol. The summed E-state index contributed by atoms with van der Waals surface area (Å²) in [6.07, 6.45) is 10.8. The Morgan fingerprint density at radius 1 is 0.797 bits per heavy atom. The van der Waals surface area contributed by atoms with Gasteiger partial charge in [-0.05, 0) is 134 Å². The maximum atomic E-state index is 16.8. The molecule has 10 fully saturated rings. The molecule has 1 saturated carbocycles. The molecule has 1 aromatic heterocycles. The van der Waals surface area contributed by atoms with Crippen molar-refractivity contribution < 1.29 is 38.6 Å². The number of carbonyl (C=O) groups is 4. The minimum Gasteiger partial charge on any atom is -0.618 e. The second-order valence-electron chi connectivity index (χ2n) is 24.4. The summed E-state index contributed by atoms with van der Waals surface area (Å²) in [7, 11) is 0. The monoisotopic (exact) mass is 931 g/mol. The van der Waals surface area contributed by atoms with Gasteiger partial charge in [0.2, 0.25) is 23.4 Å². The maximum Gasteiger partial charge on any atom is 0.251 e. The van der Waals surface area contributed by atoms with Crippen LogP contribution < -0.4 is 14.8 Å². The first-order valence-electron chi connectivity index (χ1n) is 24.8. The van der Waals surface area contributed by atoms with E-state index in [1.165, 1.54) is 11.7 Å². The lowest BCUT2D eigenvalue weighted by molar-refractivity contribution is -0.367. The fourth-order valence-electron chi connectivity index (χ4n) is 18.0. The van der Waals surface area contributed by atoms with E-state index in [-0.39, 0.29) is 23.6 Å². The van der Waals surface area contributed by atoms with E-state index in [4.69, 9.17) is 14.7 Å². The molecular formula is C54H57N7O8. The molecule has 9 saturated heterocycles. The third-order valence-corrected chi connectivity index (χ3v) is 20.0. The minimum atomic E-state index is -1.73. The van der Waals surface area contributed by atoms with Crippen molar-refractivity contribution in [2.45, 2.75) is 157 Å². The van der Waals surface area contributed by atoms with Crippen LogP contribution in [0, 0.1) is 33.8 Å². The Morgan fingerprint density at radius 3 is 2.07 bits per heavy atom. The first-order valence-corrected chi connectivity index (χ1v) is 24.8. The maximum absolute atomic E-state index is 16.8. The quantitative estimate of drug-likeness (QED) is 0.148. The second kappa shape index (κ2) is 11.6. The summed E-state index contributed by atoms with van der Waals surface area (Å²) in [6.45, 7) is 18.4. The lowest BCUT2D eigenvalue weighted by Crippen LogP contribution is -2.93. The number of rotatable bonds is 0. The molecule has 13 heterocycles. The number of piperazine rings is 2. The smallest absolute Gasteiger partial charge is 0.251 e. The van der Waals surface area contributed by atoms with Crippen LogP contribution in [0.3, 0.4) is 0 Å². The predicted molar refractivity (Wildman–Crippen MR) is 252 cm³/mol. The summed E-state index contributed by atoms with van der Waals surface area (Å²) in [4.78, 5) is 70.5. The fraction of sp³-hybridized carbons (Fsp3) is 0.556. The summed E-state index contributed by atoms with van der Waals surface area (Å²) in [5.41, 5.74) is -6.07. The molecule has 69 heavy (non-hydrogen) atoms. The minimum absolute atomic E-state index is 0.176. The van der Waals surface area contributed by atoms with Gasteiger partial charge in [0.15, 0.2) is 5.71 Å². The number of nitrogens with zero attached hydrogens (tertiary/aromatic N) is 6. The van der Waals surface area contributed by atoms with Gasteiger partial charge in [0, 0.05) is 59.7 Å². The summed E-state index contributed by atoms with van der Waals surface area (Å²) >= 11 is 0. The number of fused-ring (bicyclic) bond motifs is 10. The summed E-state index contributed by atoms with van der Waals surface area (Å²) in [5, 5.41) is 41.1. The molecule has 17 rings (SSSR count). The van der Waals surface area contributed by atoms with Crippen LogP contribution in [0.15, 0.2) is 36.4 Å². The number of amides is 4. The van der Waals surface area contributed by atoms with E-state index in [1.54, 1.807) is 11.0 Å². The van der Waals surface area contributed by atoms with Gasteiger partial charge in [-0.25, -0.2) is 0 Å². The SMILES string of the molecule is CC#N.CC1(C)C=Cc2c(ccc3c2[N+]([O-])=C2C(C)(C)[C@@H]4C[C@]56CCCN5C(=O)[C@]4(NC6=O)[C@H]4N5C(=O)[C@@]67CCCN6C(=O)[C@@]56[C@H](c5c(n(O)c8c9c(ccc58)OC(C)(C)C=C9)C(C)(C)[C@@H]6C7)[C@]234)O1. The zero-order valence-electron chi connectivity index (χ0n) is 40.6. The van der Waals surface area contributed by atoms with E-state index in [1.807, 2.05) is 86.1 Å². The van der Waals surface area contributed by atoms with Gasteiger partial charge in [-0.15, -0.1) is 0 Å². The molecule has 0 unspecified atom stereocenters. The third-order valence-electron chi connectivity index (χ3n) is 20.0. The molecule has 14 aliphatic rings. The highest BCUT2D eigenvalue weighted by atomic mass is 16.5. The first kappa shape index (κ1) is 41.7. The average Bonchev–Trinajstić information content (AvgIpc) is 4.09. The summed E-state index contributed by atoms with van der Waals surface area (Å²) in [5.74, 6) is -1.92. The molecule has 2 aliphatic carbocycles. The lowest BCUT2D eigenvalue weighted by Gasteiger charge is -2.70. The van der Waals surface area contributed by atoms with Gasteiger partial charge < -0.3 is 39.9 Å². The molecule has 4 amide bonds. The largest absolute Gasteiger partial charge is 0.618 e. The van der Waals surface area contributed by atoms with E-state index in [9.17, 15) is 5.21 Å². The van der Waals surface area contributed by atoms with Crippen LogP contribution in [0.2, 0.25) is 0 Å². The highest BCUT2D eigenvalue weighted by Crippen LogP contribution is 2.81.